The molecule has 0 N–H and O–H groups in total. The SMILES string of the molecule is CC.CC.CC.CC.CC.CC.CC.Cn1c2ccccc2c2ccccc21.Cn1c2ccccc2c2ccccc21.Cn1c2ccccc2c2ccccc21.c1ccc2c(c1)Cc1ccccc1-2. The second-order valence-corrected chi connectivity index (χ2v) is 14.3. The van der Waals surface area contributed by atoms with E-state index in [1.54, 1.807) is 0 Å². The van der Waals surface area contributed by atoms with Gasteiger partial charge in [-0.3, -0.25) is 0 Å². The van der Waals surface area contributed by atoms with Crippen molar-refractivity contribution in [2.24, 2.45) is 21.1 Å². The standard InChI is InChI=1S/3C13H11N.C13H10.7C2H6/c3*1-14-12-8-4-2-6-10(12)11-7-3-5-9-13(11)14;1-3-7-12-10(5-1)9-11-6-2-4-8-13(11)12;7*1-2/h3*2-9H,1H3;1-8H,9H2;7*1-2H3. The molecular weight excluding hydrogens is 835 g/mol. The third-order valence-corrected chi connectivity index (χ3v) is 11.2. The number of aromatic nitrogens is 3. The van der Waals surface area contributed by atoms with Crippen molar-refractivity contribution in [2.75, 3.05) is 0 Å². The van der Waals surface area contributed by atoms with Gasteiger partial charge in [0.15, 0.2) is 0 Å². The van der Waals surface area contributed by atoms with Gasteiger partial charge in [0, 0.05) is 86.6 Å². The summed E-state index contributed by atoms with van der Waals surface area (Å²) in [6, 6.07) is 68.4. The fourth-order valence-corrected chi connectivity index (χ4v) is 8.43. The number of hydrogen-bond acceptors (Lipinski definition) is 0. The van der Waals surface area contributed by atoms with Gasteiger partial charge in [-0.05, 0) is 65.1 Å². The average Bonchev–Trinajstić information content (AvgIpc) is 4.17. The smallest absolute Gasteiger partial charge is 0.0488 e. The first-order valence-electron chi connectivity index (χ1n) is 26.0. The minimum atomic E-state index is 1.10. The number of para-hydroxylation sites is 6. The van der Waals surface area contributed by atoms with Crippen LogP contribution in [0.25, 0.3) is 76.5 Å². The summed E-state index contributed by atoms with van der Waals surface area (Å²) < 4.78 is 6.72. The summed E-state index contributed by atoms with van der Waals surface area (Å²) >= 11 is 0. The highest BCUT2D eigenvalue weighted by atomic mass is 14.9. The summed E-state index contributed by atoms with van der Waals surface area (Å²) in [5.74, 6) is 0. The molecule has 0 atom stereocenters. The molecule has 0 aliphatic heterocycles. The molecule has 1 aliphatic carbocycles. The lowest BCUT2D eigenvalue weighted by Crippen LogP contribution is -1.84. The highest BCUT2D eigenvalue weighted by Gasteiger charge is 2.16. The van der Waals surface area contributed by atoms with Crippen molar-refractivity contribution in [3.63, 3.8) is 0 Å². The first kappa shape index (κ1) is 58.3. The van der Waals surface area contributed by atoms with Crippen molar-refractivity contribution in [1.82, 2.24) is 13.7 Å². The Balaban J connectivity index is 0.000000291. The molecule has 0 fully saturated rings. The second-order valence-electron chi connectivity index (χ2n) is 14.3. The van der Waals surface area contributed by atoms with E-state index in [9.17, 15) is 0 Å². The number of benzene rings is 8. The van der Waals surface area contributed by atoms with Crippen LogP contribution in [0.1, 0.15) is 108 Å². The molecule has 3 heterocycles. The predicted octanol–water partition coefficient (Wildman–Crippen LogP) is 20.4. The van der Waals surface area contributed by atoms with Crippen LogP contribution < -0.4 is 0 Å². The highest BCUT2D eigenvalue weighted by Crippen LogP contribution is 2.36. The van der Waals surface area contributed by atoms with Crippen molar-refractivity contribution >= 4 is 65.4 Å². The van der Waals surface area contributed by atoms with Crippen LogP contribution in [0.5, 0.6) is 0 Å². The maximum Gasteiger partial charge on any atom is 0.0488 e. The molecule has 0 bridgehead atoms. The summed E-state index contributed by atoms with van der Waals surface area (Å²) in [5, 5.41) is 8.03. The zero-order valence-corrected chi connectivity index (χ0v) is 45.5. The quantitative estimate of drug-likeness (QED) is 0.144. The summed E-state index contributed by atoms with van der Waals surface area (Å²) in [6.07, 6.45) is 1.10. The molecule has 3 heteroatoms. The number of nitrogens with zero attached hydrogens (tertiary/aromatic N) is 3. The molecule has 3 nitrogen and oxygen atoms in total. The van der Waals surface area contributed by atoms with Crippen molar-refractivity contribution in [3.8, 4) is 11.1 Å². The number of rotatable bonds is 0. The van der Waals surface area contributed by atoms with Crippen LogP contribution in [0.3, 0.4) is 0 Å². The summed E-state index contributed by atoms with van der Waals surface area (Å²) in [4.78, 5) is 0. The van der Waals surface area contributed by atoms with E-state index in [0.29, 0.717) is 0 Å². The molecule has 69 heavy (non-hydrogen) atoms. The van der Waals surface area contributed by atoms with Gasteiger partial charge in [-0.1, -0.05) is 255 Å². The van der Waals surface area contributed by atoms with Crippen molar-refractivity contribution in [2.45, 2.75) is 103 Å². The zero-order chi connectivity index (χ0) is 51.3. The average molecular weight is 920 g/mol. The van der Waals surface area contributed by atoms with Crippen LogP contribution in [0.4, 0.5) is 0 Å². The van der Waals surface area contributed by atoms with Crippen molar-refractivity contribution < 1.29 is 0 Å². The van der Waals surface area contributed by atoms with Crippen LogP contribution in [-0.2, 0) is 27.6 Å². The Kier molecular flexibility index (Phi) is 27.0. The third-order valence-electron chi connectivity index (χ3n) is 11.2. The molecule has 0 amide bonds. The third kappa shape index (κ3) is 13.7. The Bertz CT molecular complexity index is 2650. The Labute approximate surface area is 418 Å². The summed E-state index contributed by atoms with van der Waals surface area (Å²) in [6.45, 7) is 28.0. The van der Waals surface area contributed by atoms with Crippen molar-refractivity contribution in [1.29, 1.82) is 0 Å². The van der Waals surface area contributed by atoms with Gasteiger partial charge in [0.2, 0.25) is 0 Å². The molecule has 364 valence electrons. The van der Waals surface area contributed by atoms with Gasteiger partial charge in [0.05, 0.1) is 0 Å². The molecule has 1 aliphatic rings. The zero-order valence-electron chi connectivity index (χ0n) is 45.5. The van der Waals surface area contributed by atoms with Crippen LogP contribution in [0, 0.1) is 0 Å². The lowest BCUT2D eigenvalue weighted by Gasteiger charge is -1.98. The molecule has 0 spiro atoms. The van der Waals surface area contributed by atoms with E-state index in [-0.39, 0.29) is 0 Å². The van der Waals surface area contributed by atoms with Gasteiger partial charge >= 0.3 is 0 Å². The summed E-state index contributed by atoms with van der Waals surface area (Å²) in [7, 11) is 6.35. The minimum absolute atomic E-state index is 1.10. The Morgan fingerprint density at radius 2 is 0.377 bits per heavy atom. The largest absolute Gasteiger partial charge is 0.344 e. The predicted molar refractivity (Wildman–Crippen MR) is 315 cm³/mol. The Morgan fingerprint density at radius 1 is 0.217 bits per heavy atom. The van der Waals surface area contributed by atoms with E-state index in [1.165, 1.54) is 87.7 Å². The van der Waals surface area contributed by atoms with Gasteiger partial charge in [-0.2, -0.15) is 0 Å². The minimum Gasteiger partial charge on any atom is -0.344 e. The van der Waals surface area contributed by atoms with Crippen molar-refractivity contribution in [3.05, 3.63) is 205 Å². The maximum absolute atomic E-state index is 2.24. The lowest BCUT2D eigenvalue weighted by atomic mass is 10.1. The molecule has 0 saturated heterocycles. The van der Waals surface area contributed by atoms with Gasteiger partial charge in [0.1, 0.15) is 0 Å². The molecule has 0 unspecified atom stereocenters. The Morgan fingerprint density at radius 3 is 0.580 bits per heavy atom. The van der Waals surface area contributed by atoms with Crippen LogP contribution in [0.15, 0.2) is 194 Å². The monoisotopic (exact) mass is 920 g/mol. The maximum atomic E-state index is 2.24. The second kappa shape index (κ2) is 32.0. The van der Waals surface area contributed by atoms with E-state index in [2.05, 4.69) is 229 Å². The summed E-state index contributed by atoms with van der Waals surface area (Å²) in [5.41, 5.74) is 13.6. The van der Waals surface area contributed by atoms with E-state index in [0.717, 1.165) is 6.42 Å². The topological polar surface area (TPSA) is 14.8 Å². The van der Waals surface area contributed by atoms with E-state index >= 15 is 0 Å². The fourth-order valence-electron chi connectivity index (χ4n) is 8.43. The van der Waals surface area contributed by atoms with Gasteiger partial charge in [-0.15, -0.1) is 0 Å². The van der Waals surface area contributed by atoms with Crippen LogP contribution in [0.2, 0.25) is 0 Å². The fraction of sp³-hybridized carbons (Fsp3) is 0.273. The highest BCUT2D eigenvalue weighted by molar-refractivity contribution is 6.09. The number of hydrogen-bond donors (Lipinski definition) is 0. The van der Waals surface area contributed by atoms with E-state index in [4.69, 9.17) is 0 Å². The number of aryl methyl sites for hydroxylation is 3. The van der Waals surface area contributed by atoms with Crippen LogP contribution in [-0.4, -0.2) is 13.7 Å². The normalized spacial score (nSPS) is 9.75. The lowest BCUT2D eigenvalue weighted by molar-refractivity contribution is 1.01. The first-order valence-corrected chi connectivity index (χ1v) is 26.0. The van der Waals surface area contributed by atoms with E-state index < -0.39 is 0 Å². The molecule has 0 radical (unpaired) electrons. The molecular formula is C66H85N3. The first-order chi connectivity index (χ1) is 34.1. The molecule has 12 rings (SSSR count). The molecule has 3 aromatic heterocycles. The Hall–Kier alpha value is -6.84. The van der Waals surface area contributed by atoms with Crippen LogP contribution >= 0.6 is 0 Å². The number of fused-ring (bicyclic) bond motifs is 12. The molecule has 11 aromatic rings. The van der Waals surface area contributed by atoms with Gasteiger partial charge < -0.3 is 13.7 Å². The molecule has 8 aromatic carbocycles. The van der Waals surface area contributed by atoms with Gasteiger partial charge in [-0.25, -0.2) is 0 Å². The van der Waals surface area contributed by atoms with Gasteiger partial charge in [0.25, 0.3) is 0 Å². The van der Waals surface area contributed by atoms with E-state index in [1.807, 2.05) is 96.9 Å². The molecule has 0 saturated carbocycles.